The fourth-order valence-corrected chi connectivity index (χ4v) is 1.63. The van der Waals surface area contributed by atoms with Gasteiger partial charge in [0.1, 0.15) is 6.61 Å². The summed E-state index contributed by atoms with van der Waals surface area (Å²) in [6.07, 6.45) is 0. The van der Waals surface area contributed by atoms with Crippen molar-refractivity contribution in [3.8, 4) is 0 Å². The third-order valence-electron chi connectivity index (χ3n) is 1.99. The maximum Gasteiger partial charge on any atom is 0.296 e. The first-order valence-corrected chi connectivity index (χ1v) is 4.90. The molecule has 0 amide bonds. The molecule has 78 valence electrons. The van der Waals surface area contributed by atoms with Crippen LogP contribution >= 0.6 is 15.9 Å². The Hall–Kier alpha value is -0.480. The summed E-state index contributed by atoms with van der Waals surface area (Å²) < 4.78 is 32.1. The number of hydrogen-bond donors (Lipinski definition) is 0. The van der Waals surface area contributed by atoms with Crippen molar-refractivity contribution in [3.05, 3.63) is 33.8 Å². The van der Waals surface area contributed by atoms with Gasteiger partial charge in [0.05, 0.1) is 0 Å². The summed E-state index contributed by atoms with van der Waals surface area (Å²) in [7, 11) is 1.27. The van der Waals surface area contributed by atoms with Crippen molar-refractivity contribution in [1.29, 1.82) is 0 Å². The molecule has 0 bridgehead atoms. The molecule has 1 rings (SSSR count). The van der Waals surface area contributed by atoms with Crippen LogP contribution in [0.4, 0.5) is 8.78 Å². The van der Waals surface area contributed by atoms with Crippen LogP contribution in [0.25, 0.3) is 0 Å². The quantitative estimate of drug-likeness (QED) is 0.812. The Kier molecular flexibility index (Phi) is 3.61. The van der Waals surface area contributed by atoms with Crippen molar-refractivity contribution < 1.29 is 13.5 Å². The predicted molar refractivity (Wildman–Crippen MR) is 54.6 cm³/mol. The van der Waals surface area contributed by atoms with Gasteiger partial charge in [-0.2, -0.15) is 8.78 Å². The van der Waals surface area contributed by atoms with Crippen LogP contribution in [0.5, 0.6) is 0 Å². The number of alkyl halides is 2. The van der Waals surface area contributed by atoms with E-state index in [0.717, 1.165) is 0 Å². The molecule has 0 heterocycles. The van der Waals surface area contributed by atoms with E-state index in [4.69, 9.17) is 0 Å². The first kappa shape index (κ1) is 11.6. The van der Waals surface area contributed by atoms with Crippen LogP contribution in [-0.2, 0) is 10.7 Å². The van der Waals surface area contributed by atoms with Gasteiger partial charge in [0.2, 0.25) is 0 Å². The highest BCUT2D eigenvalue weighted by molar-refractivity contribution is 9.10. The molecule has 14 heavy (non-hydrogen) atoms. The summed E-state index contributed by atoms with van der Waals surface area (Å²) in [5.74, 6) is -2.93. The van der Waals surface area contributed by atoms with E-state index < -0.39 is 12.5 Å². The number of benzene rings is 1. The topological polar surface area (TPSA) is 9.23 Å². The van der Waals surface area contributed by atoms with Crippen molar-refractivity contribution >= 4 is 15.9 Å². The number of ether oxygens (including phenoxy) is 1. The monoisotopic (exact) mass is 264 g/mol. The summed E-state index contributed by atoms with van der Waals surface area (Å²) in [5.41, 5.74) is 0.559. The van der Waals surface area contributed by atoms with Crippen LogP contribution in [0.1, 0.15) is 11.1 Å². The van der Waals surface area contributed by atoms with Gasteiger partial charge in [0.15, 0.2) is 0 Å². The van der Waals surface area contributed by atoms with Crippen LogP contribution in [0.3, 0.4) is 0 Å². The second kappa shape index (κ2) is 4.36. The summed E-state index contributed by atoms with van der Waals surface area (Å²) in [6, 6.07) is 4.75. The van der Waals surface area contributed by atoms with Gasteiger partial charge < -0.3 is 4.74 Å². The molecule has 1 aromatic rings. The second-order valence-electron chi connectivity index (χ2n) is 3.05. The Morgan fingerprint density at radius 3 is 2.64 bits per heavy atom. The lowest BCUT2D eigenvalue weighted by molar-refractivity contribution is -0.0702. The maximum absolute atomic E-state index is 13.5. The molecule has 0 N–H and O–H groups in total. The summed E-state index contributed by atoms with van der Waals surface area (Å²) in [6.45, 7) is 1.06. The lowest BCUT2D eigenvalue weighted by Crippen LogP contribution is -2.21. The molecule has 0 radical (unpaired) electrons. The SMILES string of the molecule is COCC(F)(F)c1cccc(Br)c1C. The Balaban J connectivity index is 3.12. The average Bonchev–Trinajstić information content (AvgIpc) is 2.09. The molecular weight excluding hydrogens is 254 g/mol. The van der Waals surface area contributed by atoms with Crippen LogP contribution < -0.4 is 0 Å². The molecule has 0 fully saturated rings. The van der Waals surface area contributed by atoms with Gasteiger partial charge in [-0.25, -0.2) is 0 Å². The Morgan fingerprint density at radius 1 is 1.43 bits per heavy atom. The third-order valence-corrected chi connectivity index (χ3v) is 2.85. The van der Waals surface area contributed by atoms with E-state index in [2.05, 4.69) is 20.7 Å². The van der Waals surface area contributed by atoms with Gasteiger partial charge in [-0.15, -0.1) is 0 Å². The zero-order valence-electron chi connectivity index (χ0n) is 7.98. The summed E-state index contributed by atoms with van der Waals surface area (Å²) in [5, 5.41) is 0. The smallest absolute Gasteiger partial charge is 0.296 e. The van der Waals surface area contributed by atoms with Gasteiger partial charge in [-0.05, 0) is 18.6 Å². The van der Waals surface area contributed by atoms with E-state index in [-0.39, 0.29) is 5.56 Å². The highest BCUT2D eigenvalue weighted by Gasteiger charge is 2.33. The van der Waals surface area contributed by atoms with Crippen molar-refractivity contribution in [2.45, 2.75) is 12.8 Å². The molecule has 4 heteroatoms. The fourth-order valence-electron chi connectivity index (χ4n) is 1.26. The maximum atomic E-state index is 13.5. The van der Waals surface area contributed by atoms with Gasteiger partial charge in [0.25, 0.3) is 5.92 Å². The van der Waals surface area contributed by atoms with Crippen molar-refractivity contribution in [2.75, 3.05) is 13.7 Å². The molecule has 1 nitrogen and oxygen atoms in total. The van der Waals surface area contributed by atoms with E-state index in [1.165, 1.54) is 13.2 Å². The number of halogens is 3. The Morgan fingerprint density at radius 2 is 2.07 bits per heavy atom. The normalized spacial score (nSPS) is 11.8. The largest absolute Gasteiger partial charge is 0.378 e. The Labute approximate surface area is 90.2 Å². The van der Waals surface area contributed by atoms with E-state index in [0.29, 0.717) is 10.0 Å². The fraction of sp³-hybridized carbons (Fsp3) is 0.400. The van der Waals surface area contributed by atoms with Crippen molar-refractivity contribution in [3.63, 3.8) is 0 Å². The van der Waals surface area contributed by atoms with Crippen molar-refractivity contribution in [2.24, 2.45) is 0 Å². The van der Waals surface area contributed by atoms with Gasteiger partial charge in [-0.3, -0.25) is 0 Å². The number of hydrogen-bond acceptors (Lipinski definition) is 1. The molecule has 0 saturated heterocycles. The van der Waals surface area contributed by atoms with E-state index in [9.17, 15) is 8.78 Å². The minimum absolute atomic E-state index is 0.00808. The molecular formula is C10H11BrF2O. The van der Waals surface area contributed by atoms with E-state index >= 15 is 0 Å². The van der Waals surface area contributed by atoms with Crippen LogP contribution in [0, 0.1) is 6.92 Å². The van der Waals surface area contributed by atoms with Crippen LogP contribution in [0.15, 0.2) is 22.7 Å². The molecule has 0 unspecified atom stereocenters. The predicted octanol–water partition coefficient (Wildman–Crippen LogP) is 3.50. The van der Waals surface area contributed by atoms with E-state index in [1.54, 1.807) is 19.1 Å². The molecule has 0 spiro atoms. The molecule has 0 aliphatic rings. The first-order valence-electron chi connectivity index (χ1n) is 4.11. The number of methoxy groups -OCH3 is 1. The van der Waals surface area contributed by atoms with Gasteiger partial charge in [-0.1, -0.05) is 28.1 Å². The highest BCUT2D eigenvalue weighted by Crippen LogP contribution is 2.33. The molecule has 0 aliphatic carbocycles. The minimum atomic E-state index is -2.93. The lowest BCUT2D eigenvalue weighted by Gasteiger charge is -2.18. The van der Waals surface area contributed by atoms with Crippen LogP contribution in [0.2, 0.25) is 0 Å². The molecule has 0 aliphatic heterocycles. The minimum Gasteiger partial charge on any atom is -0.378 e. The second-order valence-corrected chi connectivity index (χ2v) is 3.90. The van der Waals surface area contributed by atoms with E-state index in [1.807, 2.05) is 0 Å². The molecule has 1 aromatic carbocycles. The molecule has 0 atom stereocenters. The lowest BCUT2D eigenvalue weighted by atomic mass is 10.0. The number of rotatable bonds is 3. The third kappa shape index (κ3) is 2.30. The van der Waals surface area contributed by atoms with Gasteiger partial charge in [0, 0.05) is 17.1 Å². The summed E-state index contributed by atoms with van der Waals surface area (Å²) in [4.78, 5) is 0. The van der Waals surface area contributed by atoms with Crippen molar-refractivity contribution in [1.82, 2.24) is 0 Å². The first-order chi connectivity index (χ1) is 6.49. The Bertz CT molecular complexity index is 326. The van der Waals surface area contributed by atoms with Crippen LogP contribution in [-0.4, -0.2) is 13.7 Å². The zero-order valence-corrected chi connectivity index (χ0v) is 9.57. The molecule has 0 saturated carbocycles. The zero-order chi connectivity index (χ0) is 10.8. The van der Waals surface area contributed by atoms with Gasteiger partial charge >= 0.3 is 0 Å². The highest BCUT2D eigenvalue weighted by atomic mass is 79.9. The summed E-state index contributed by atoms with van der Waals surface area (Å²) >= 11 is 3.22. The average molecular weight is 265 g/mol. The molecule has 0 aromatic heterocycles. The standard InChI is InChI=1S/C10H11BrF2O/c1-7-8(4-3-5-9(7)11)10(12,13)6-14-2/h3-5H,6H2,1-2H3.